The number of carbonyl (C=O) groups excluding carboxylic acids is 2. The Morgan fingerprint density at radius 3 is 2.58 bits per heavy atom. The van der Waals surface area contributed by atoms with Crippen LogP contribution in [0.5, 0.6) is 5.75 Å². The number of hydrogen-bond acceptors (Lipinski definition) is 3. The fourth-order valence-corrected chi connectivity index (χ4v) is 1.59. The zero-order valence-corrected chi connectivity index (χ0v) is 11.9. The van der Waals surface area contributed by atoms with Gasteiger partial charge in [0.1, 0.15) is 5.75 Å². The minimum absolute atomic E-state index is 0.00933. The quantitative estimate of drug-likeness (QED) is 0.802. The molecule has 0 saturated heterocycles. The van der Waals surface area contributed by atoms with Crippen LogP contribution < -0.4 is 10.1 Å². The van der Waals surface area contributed by atoms with Crippen LogP contribution in [0.1, 0.15) is 43.1 Å². The van der Waals surface area contributed by atoms with Gasteiger partial charge in [-0.25, -0.2) is 0 Å². The van der Waals surface area contributed by atoms with Crippen molar-refractivity contribution in [2.75, 3.05) is 6.61 Å². The van der Waals surface area contributed by atoms with Crippen molar-refractivity contribution in [3.63, 3.8) is 0 Å². The second kappa shape index (κ2) is 6.92. The number of rotatable bonds is 6. The first-order valence-corrected chi connectivity index (χ1v) is 6.47. The van der Waals surface area contributed by atoms with E-state index >= 15 is 0 Å². The van der Waals surface area contributed by atoms with Crippen molar-refractivity contribution in [1.82, 2.24) is 5.32 Å². The Balaban J connectivity index is 2.59. The predicted octanol–water partition coefficient (Wildman–Crippen LogP) is 2.49. The Hall–Kier alpha value is -1.84. The first-order chi connectivity index (χ1) is 8.93. The highest BCUT2D eigenvalue weighted by Gasteiger charge is 2.08. The van der Waals surface area contributed by atoms with E-state index in [0.29, 0.717) is 11.3 Å². The topological polar surface area (TPSA) is 55.4 Å². The summed E-state index contributed by atoms with van der Waals surface area (Å²) < 4.78 is 5.46. The van der Waals surface area contributed by atoms with Crippen LogP contribution in [0.4, 0.5) is 0 Å². The zero-order valence-electron chi connectivity index (χ0n) is 11.9. The van der Waals surface area contributed by atoms with Crippen molar-refractivity contribution in [2.24, 2.45) is 0 Å². The van der Waals surface area contributed by atoms with Crippen LogP contribution >= 0.6 is 0 Å². The average molecular weight is 263 g/mol. The monoisotopic (exact) mass is 263 g/mol. The third-order valence-electron chi connectivity index (χ3n) is 2.96. The second-order valence-corrected chi connectivity index (χ2v) is 4.70. The van der Waals surface area contributed by atoms with E-state index in [-0.39, 0.29) is 24.3 Å². The van der Waals surface area contributed by atoms with E-state index in [2.05, 4.69) is 5.32 Å². The van der Waals surface area contributed by atoms with Gasteiger partial charge in [-0.1, -0.05) is 6.92 Å². The van der Waals surface area contributed by atoms with E-state index in [1.54, 1.807) is 18.2 Å². The maximum atomic E-state index is 11.6. The normalized spacial score (nSPS) is 11.8. The summed E-state index contributed by atoms with van der Waals surface area (Å²) in [7, 11) is 0. The van der Waals surface area contributed by atoms with Gasteiger partial charge < -0.3 is 10.1 Å². The Kier molecular flexibility index (Phi) is 5.55. The lowest BCUT2D eigenvalue weighted by Crippen LogP contribution is -2.35. The number of hydrogen-bond donors (Lipinski definition) is 1. The van der Waals surface area contributed by atoms with Gasteiger partial charge in [0.25, 0.3) is 5.91 Å². The fraction of sp³-hybridized carbons (Fsp3) is 0.467. The van der Waals surface area contributed by atoms with Crippen molar-refractivity contribution >= 4 is 11.7 Å². The van der Waals surface area contributed by atoms with Crippen LogP contribution in [-0.2, 0) is 4.79 Å². The summed E-state index contributed by atoms with van der Waals surface area (Å²) in [5, 5.41) is 2.83. The minimum Gasteiger partial charge on any atom is -0.484 e. The van der Waals surface area contributed by atoms with E-state index in [1.807, 2.05) is 20.8 Å². The molecule has 1 aromatic rings. The highest BCUT2D eigenvalue weighted by molar-refractivity contribution is 5.94. The number of amides is 1. The van der Waals surface area contributed by atoms with Gasteiger partial charge in [-0.15, -0.1) is 0 Å². The highest BCUT2D eigenvalue weighted by Crippen LogP contribution is 2.19. The number of ketones is 1. The van der Waals surface area contributed by atoms with E-state index in [0.717, 1.165) is 12.0 Å². The van der Waals surface area contributed by atoms with E-state index in [1.165, 1.54) is 6.92 Å². The Labute approximate surface area is 114 Å². The average Bonchev–Trinajstić information content (AvgIpc) is 2.36. The summed E-state index contributed by atoms with van der Waals surface area (Å²) >= 11 is 0. The highest BCUT2D eigenvalue weighted by atomic mass is 16.5. The number of carbonyl (C=O) groups is 2. The van der Waals surface area contributed by atoms with Crippen LogP contribution in [0.25, 0.3) is 0 Å². The molecule has 4 heteroatoms. The summed E-state index contributed by atoms with van der Waals surface area (Å²) in [6.07, 6.45) is 0.887. The molecule has 0 aromatic heterocycles. The van der Waals surface area contributed by atoms with Gasteiger partial charge in [0, 0.05) is 11.6 Å². The van der Waals surface area contributed by atoms with E-state index < -0.39 is 0 Å². The maximum Gasteiger partial charge on any atom is 0.258 e. The largest absolute Gasteiger partial charge is 0.484 e. The van der Waals surface area contributed by atoms with Gasteiger partial charge in [0.2, 0.25) is 0 Å². The molecule has 1 N–H and O–H groups in total. The SMILES string of the molecule is CCC(C)NC(=O)COc1ccc(C(C)=O)cc1C. The Bertz CT molecular complexity index is 468. The standard InChI is InChI=1S/C15H21NO3/c1-5-11(3)16-15(18)9-19-14-7-6-13(12(4)17)8-10(14)2/h6-8,11H,5,9H2,1-4H3,(H,16,18). The molecular weight excluding hydrogens is 242 g/mol. The van der Waals surface area contributed by atoms with Gasteiger partial charge in [0.15, 0.2) is 12.4 Å². The third kappa shape index (κ3) is 4.73. The molecule has 0 heterocycles. The first kappa shape index (κ1) is 15.2. The van der Waals surface area contributed by atoms with Crippen LogP contribution in [0.3, 0.4) is 0 Å². The summed E-state index contributed by atoms with van der Waals surface area (Å²) in [6.45, 7) is 7.33. The molecule has 0 fully saturated rings. The molecule has 104 valence electrons. The molecule has 0 radical (unpaired) electrons. The lowest BCUT2D eigenvalue weighted by atomic mass is 10.1. The minimum atomic E-state index is -0.135. The summed E-state index contributed by atoms with van der Waals surface area (Å²) in [5.41, 5.74) is 1.50. The predicted molar refractivity (Wildman–Crippen MR) is 74.6 cm³/mol. The maximum absolute atomic E-state index is 11.6. The summed E-state index contributed by atoms with van der Waals surface area (Å²) in [6, 6.07) is 5.35. The van der Waals surface area contributed by atoms with Crippen molar-refractivity contribution in [3.05, 3.63) is 29.3 Å². The van der Waals surface area contributed by atoms with Crippen LogP contribution in [-0.4, -0.2) is 24.3 Å². The van der Waals surface area contributed by atoms with Crippen molar-refractivity contribution < 1.29 is 14.3 Å². The van der Waals surface area contributed by atoms with Gasteiger partial charge in [-0.3, -0.25) is 9.59 Å². The Morgan fingerprint density at radius 2 is 2.05 bits per heavy atom. The fourth-order valence-electron chi connectivity index (χ4n) is 1.59. The molecule has 1 unspecified atom stereocenters. The van der Waals surface area contributed by atoms with Gasteiger partial charge >= 0.3 is 0 Å². The van der Waals surface area contributed by atoms with Crippen LogP contribution in [0.15, 0.2) is 18.2 Å². The van der Waals surface area contributed by atoms with Crippen LogP contribution in [0.2, 0.25) is 0 Å². The molecule has 1 amide bonds. The van der Waals surface area contributed by atoms with E-state index in [4.69, 9.17) is 4.74 Å². The number of aryl methyl sites for hydroxylation is 1. The molecule has 0 aliphatic carbocycles. The lowest BCUT2D eigenvalue weighted by Gasteiger charge is -2.13. The molecule has 0 saturated carbocycles. The molecule has 1 rings (SSSR count). The lowest BCUT2D eigenvalue weighted by molar-refractivity contribution is -0.123. The molecular formula is C15H21NO3. The number of nitrogens with one attached hydrogen (secondary N) is 1. The van der Waals surface area contributed by atoms with Crippen LogP contribution in [0, 0.1) is 6.92 Å². The molecule has 19 heavy (non-hydrogen) atoms. The second-order valence-electron chi connectivity index (χ2n) is 4.70. The smallest absolute Gasteiger partial charge is 0.258 e. The zero-order chi connectivity index (χ0) is 14.4. The molecule has 0 bridgehead atoms. The summed E-state index contributed by atoms with van der Waals surface area (Å²) in [5.74, 6) is 0.512. The molecule has 1 atom stereocenters. The molecule has 0 aliphatic rings. The molecule has 0 aliphatic heterocycles. The van der Waals surface area contributed by atoms with Gasteiger partial charge in [-0.2, -0.15) is 0 Å². The summed E-state index contributed by atoms with van der Waals surface area (Å²) in [4.78, 5) is 22.8. The van der Waals surface area contributed by atoms with Gasteiger partial charge in [-0.05, 0) is 51.0 Å². The third-order valence-corrected chi connectivity index (χ3v) is 2.96. The molecule has 1 aromatic carbocycles. The van der Waals surface area contributed by atoms with Crippen molar-refractivity contribution in [2.45, 2.75) is 40.2 Å². The molecule has 0 spiro atoms. The van der Waals surface area contributed by atoms with E-state index in [9.17, 15) is 9.59 Å². The number of ether oxygens (including phenoxy) is 1. The molecule has 4 nitrogen and oxygen atoms in total. The number of Topliss-reactive ketones (excluding diaryl/α,β-unsaturated/α-hetero) is 1. The van der Waals surface area contributed by atoms with Crippen molar-refractivity contribution in [3.8, 4) is 5.75 Å². The van der Waals surface area contributed by atoms with Gasteiger partial charge in [0.05, 0.1) is 0 Å². The first-order valence-electron chi connectivity index (χ1n) is 6.47. The Morgan fingerprint density at radius 1 is 1.37 bits per heavy atom. The number of benzene rings is 1. The van der Waals surface area contributed by atoms with Crippen molar-refractivity contribution in [1.29, 1.82) is 0 Å².